The molecule has 0 unspecified atom stereocenters. The second kappa shape index (κ2) is 19.8. The molecule has 9 heteroatoms. The molecule has 2 aliphatic heterocycles. The van der Waals surface area contributed by atoms with Gasteiger partial charge >= 0.3 is 0 Å². The molecule has 0 fully saturated rings. The first-order valence-corrected chi connectivity index (χ1v) is 23.8. The lowest BCUT2D eigenvalue weighted by molar-refractivity contribution is -0.127. The van der Waals surface area contributed by atoms with Gasteiger partial charge in [0.1, 0.15) is 6.04 Å². The van der Waals surface area contributed by atoms with E-state index >= 15 is 0 Å². The van der Waals surface area contributed by atoms with Crippen molar-refractivity contribution >= 4 is 63.9 Å². The normalized spacial score (nSPS) is 12.6. The molecule has 71 heavy (non-hydrogen) atoms. The first-order chi connectivity index (χ1) is 34.9. The molecule has 3 aromatic heterocycles. The monoisotopic (exact) mass is 923 g/mol. The zero-order valence-corrected chi connectivity index (χ0v) is 38.7. The largest absolute Gasteiger partial charge is 0.354 e. The van der Waals surface area contributed by atoms with Gasteiger partial charge < -0.3 is 26.3 Å². The van der Waals surface area contributed by atoms with Crippen LogP contribution in [0.1, 0.15) is 33.9 Å². The summed E-state index contributed by atoms with van der Waals surface area (Å²) in [6.07, 6.45) is 8.98. The summed E-state index contributed by atoms with van der Waals surface area (Å²) in [5.41, 5.74) is 23.4. The van der Waals surface area contributed by atoms with Crippen molar-refractivity contribution in [1.29, 1.82) is 0 Å². The van der Waals surface area contributed by atoms with Gasteiger partial charge in [0, 0.05) is 56.4 Å². The number of fused-ring (bicyclic) bond motifs is 8. The van der Waals surface area contributed by atoms with E-state index in [2.05, 4.69) is 118 Å². The average Bonchev–Trinajstić information content (AvgIpc) is 4.27. The van der Waals surface area contributed by atoms with Crippen molar-refractivity contribution in [2.75, 3.05) is 5.32 Å². The molecule has 2 amide bonds. The predicted molar refractivity (Wildman–Crippen MR) is 289 cm³/mol. The van der Waals surface area contributed by atoms with Gasteiger partial charge in [-0.1, -0.05) is 164 Å². The van der Waals surface area contributed by atoms with Crippen molar-refractivity contribution in [3.8, 4) is 44.5 Å². The van der Waals surface area contributed by atoms with Crippen molar-refractivity contribution in [3.63, 3.8) is 0 Å². The number of anilines is 1. The van der Waals surface area contributed by atoms with E-state index in [1.807, 2.05) is 127 Å². The fraction of sp³-hybridized carbons (Fsp3) is 0.0645. The Morgan fingerprint density at radius 2 is 0.746 bits per heavy atom. The van der Waals surface area contributed by atoms with E-state index in [0.29, 0.717) is 12.1 Å². The minimum absolute atomic E-state index is 0.286. The predicted octanol–water partition coefficient (Wildman–Crippen LogP) is 12.6. The zero-order valence-electron chi connectivity index (χ0n) is 38.7. The minimum atomic E-state index is -0.880. The van der Waals surface area contributed by atoms with Crippen LogP contribution in [0.3, 0.4) is 0 Å². The molecule has 344 valence electrons. The second-order valence-electron chi connectivity index (χ2n) is 17.7. The van der Waals surface area contributed by atoms with Gasteiger partial charge in [0.05, 0.1) is 28.8 Å². The van der Waals surface area contributed by atoms with Gasteiger partial charge in [-0.2, -0.15) is 0 Å². The number of nitrogens with zero attached hydrogens (tertiary/aromatic N) is 2. The van der Waals surface area contributed by atoms with Gasteiger partial charge in [0.2, 0.25) is 11.8 Å². The lowest BCUT2D eigenvalue weighted by atomic mass is 10.0. The number of aromatic nitrogens is 4. The molecular formula is C62H49N7O2. The maximum Gasteiger partial charge on any atom is 0.247 e. The molecule has 8 bridgehead atoms. The molecule has 11 rings (SSSR count). The van der Waals surface area contributed by atoms with Crippen LogP contribution in [0.15, 0.2) is 200 Å². The van der Waals surface area contributed by atoms with E-state index in [0.717, 1.165) is 100 Å². The molecule has 5 heterocycles. The minimum Gasteiger partial charge on any atom is -0.354 e. The van der Waals surface area contributed by atoms with E-state index in [1.165, 1.54) is 0 Å². The molecule has 0 aliphatic carbocycles. The summed E-state index contributed by atoms with van der Waals surface area (Å²) in [6, 6.07) is 64.8. The molecule has 9 aromatic rings. The van der Waals surface area contributed by atoms with E-state index in [9.17, 15) is 9.59 Å². The smallest absolute Gasteiger partial charge is 0.247 e. The van der Waals surface area contributed by atoms with Gasteiger partial charge in [-0.3, -0.25) is 9.59 Å². The molecule has 0 radical (unpaired) electrons. The van der Waals surface area contributed by atoms with Crippen LogP contribution >= 0.6 is 0 Å². The quantitative estimate of drug-likeness (QED) is 0.0830. The third-order valence-electron chi connectivity index (χ3n) is 12.9. The van der Waals surface area contributed by atoms with Crippen LogP contribution in [0.25, 0.3) is 90.9 Å². The topological polar surface area (TPSA) is 142 Å². The van der Waals surface area contributed by atoms with Crippen molar-refractivity contribution < 1.29 is 9.59 Å². The highest BCUT2D eigenvalue weighted by atomic mass is 16.2. The van der Waals surface area contributed by atoms with Gasteiger partial charge in [0.25, 0.3) is 0 Å². The first-order valence-electron chi connectivity index (χ1n) is 23.8. The molecule has 2 aliphatic rings. The van der Waals surface area contributed by atoms with Crippen molar-refractivity contribution in [1.82, 2.24) is 25.3 Å². The van der Waals surface area contributed by atoms with Gasteiger partial charge in [0.15, 0.2) is 0 Å². The Labute approximate surface area is 411 Å². The van der Waals surface area contributed by atoms with Crippen LogP contribution in [0.4, 0.5) is 5.69 Å². The highest BCUT2D eigenvalue weighted by molar-refractivity contribution is 6.01. The molecule has 2 atom stereocenters. The Morgan fingerprint density at radius 1 is 0.408 bits per heavy atom. The van der Waals surface area contributed by atoms with E-state index in [1.54, 1.807) is 0 Å². The number of nitrogens with one attached hydrogen (secondary N) is 4. The van der Waals surface area contributed by atoms with Crippen molar-refractivity contribution in [3.05, 3.63) is 234 Å². The Hall–Kier alpha value is -9.18. The molecule has 6 N–H and O–H groups in total. The molecule has 6 aromatic carbocycles. The highest BCUT2D eigenvalue weighted by Gasteiger charge is 2.25. The fourth-order valence-corrected chi connectivity index (χ4v) is 9.48. The molecule has 0 saturated carbocycles. The highest BCUT2D eigenvalue weighted by Crippen LogP contribution is 2.38. The molecular weight excluding hydrogens is 875 g/mol. The van der Waals surface area contributed by atoms with E-state index < -0.39 is 18.0 Å². The maximum absolute atomic E-state index is 14.2. The number of hydrogen-bond donors (Lipinski definition) is 5. The standard InChI is InChI=1S/C62H49N7O2/c63-47(38-40-16-6-1-7-17-40)61(70)69-56(39-41-18-8-2-9-19-41)62(71)64-46-28-26-45(27-29-46)60-54-36-34-52(67-54)58(43-22-12-4-13-23-43)50-32-30-48(65-50)57(42-20-10-3-11-21-42)49-31-33-51(66-49)59(44-24-14-5-15-25-44)53-35-37-55(60)68-53/h1-37,47,56,65,68H,38-39,63H2,(H,64,71)(H,69,70)/t47-,56-/m0/s1. The van der Waals surface area contributed by atoms with Crippen molar-refractivity contribution in [2.24, 2.45) is 5.73 Å². The third kappa shape index (κ3) is 9.50. The summed E-state index contributed by atoms with van der Waals surface area (Å²) >= 11 is 0. The van der Waals surface area contributed by atoms with Crippen molar-refractivity contribution in [2.45, 2.75) is 24.9 Å². The Bertz CT molecular complexity index is 3590. The van der Waals surface area contributed by atoms with Crippen LogP contribution in [-0.2, 0) is 22.4 Å². The lowest BCUT2D eigenvalue weighted by Crippen LogP contribution is -2.51. The summed E-state index contributed by atoms with van der Waals surface area (Å²) in [7, 11) is 0. The Morgan fingerprint density at radius 3 is 1.13 bits per heavy atom. The third-order valence-corrected chi connectivity index (χ3v) is 12.9. The zero-order chi connectivity index (χ0) is 48.1. The van der Waals surface area contributed by atoms with Crippen LogP contribution in [0.2, 0.25) is 0 Å². The van der Waals surface area contributed by atoms with Crippen LogP contribution in [0.5, 0.6) is 0 Å². The molecule has 9 nitrogen and oxygen atoms in total. The van der Waals surface area contributed by atoms with E-state index in [-0.39, 0.29) is 12.3 Å². The van der Waals surface area contributed by atoms with Crippen LogP contribution in [-0.4, -0.2) is 43.8 Å². The number of benzene rings is 6. The number of H-pyrrole nitrogens is 2. The Balaban J connectivity index is 1.04. The van der Waals surface area contributed by atoms with Gasteiger partial charge in [-0.05, 0) is 101 Å². The molecule has 0 saturated heterocycles. The number of aromatic amines is 2. The van der Waals surface area contributed by atoms with Crippen LogP contribution < -0.4 is 16.4 Å². The Kier molecular flexibility index (Phi) is 12.4. The second-order valence-corrected chi connectivity index (χ2v) is 17.7. The maximum atomic E-state index is 14.2. The summed E-state index contributed by atoms with van der Waals surface area (Å²) in [6.45, 7) is 0. The first kappa shape index (κ1) is 44.3. The number of hydrogen-bond acceptors (Lipinski definition) is 5. The SMILES string of the molecule is N[C@@H](Cc1ccccc1)C(=O)N[C@@H](Cc1ccccc1)C(=O)Nc1ccc(-c2c3nc(c(-c4ccccc4)c4ccc([nH]4)c(-c4ccccc4)c4nc(c(-c5ccccc5)c5ccc2[nH]5)C=C4)C=C3)cc1. The van der Waals surface area contributed by atoms with Crippen LogP contribution in [0, 0.1) is 0 Å². The lowest BCUT2D eigenvalue weighted by Gasteiger charge is -2.21. The summed E-state index contributed by atoms with van der Waals surface area (Å²) in [5, 5.41) is 6.04. The number of nitrogens with two attached hydrogens (primary N) is 1. The summed E-state index contributed by atoms with van der Waals surface area (Å²) in [5.74, 6) is -0.751. The number of carbonyl (C=O) groups is 2. The summed E-state index contributed by atoms with van der Waals surface area (Å²) in [4.78, 5) is 46.1. The number of rotatable bonds is 12. The summed E-state index contributed by atoms with van der Waals surface area (Å²) < 4.78 is 0. The average molecular weight is 924 g/mol. The van der Waals surface area contributed by atoms with Gasteiger partial charge in [-0.15, -0.1) is 0 Å². The fourth-order valence-electron chi connectivity index (χ4n) is 9.48. The molecule has 0 spiro atoms. The van der Waals surface area contributed by atoms with E-state index in [4.69, 9.17) is 15.7 Å². The van der Waals surface area contributed by atoms with Gasteiger partial charge in [-0.25, -0.2) is 9.97 Å². The number of carbonyl (C=O) groups excluding carboxylic acids is 2. The number of amides is 2.